The molecular formula is C13H13ClN2O3S. The molecule has 20 heavy (non-hydrogen) atoms. The van der Waals surface area contributed by atoms with Crippen LogP contribution in [0.3, 0.4) is 0 Å². The number of carboxylic acids is 1. The van der Waals surface area contributed by atoms with Crippen LogP contribution in [0.4, 0.5) is 0 Å². The zero-order chi connectivity index (χ0) is 14.1. The number of hydrogen-bond donors (Lipinski definition) is 1. The molecule has 1 aromatic carbocycles. The number of imidazole rings is 1. The van der Waals surface area contributed by atoms with Crippen LogP contribution in [-0.4, -0.2) is 39.6 Å². The van der Waals surface area contributed by atoms with Crippen molar-refractivity contribution in [1.29, 1.82) is 0 Å². The summed E-state index contributed by atoms with van der Waals surface area (Å²) in [7, 11) is 0. The van der Waals surface area contributed by atoms with Crippen LogP contribution < -0.4 is 0 Å². The average Bonchev–Trinajstić information content (AvgIpc) is 3.01. The molecule has 0 bridgehead atoms. The lowest BCUT2D eigenvalue weighted by Crippen LogP contribution is -2.10. The summed E-state index contributed by atoms with van der Waals surface area (Å²) in [6.07, 6.45) is 0.911. The molecular weight excluding hydrogens is 300 g/mol. The first kappa shape index (κ1) is 13.7. The van der Waals surface area contributed by atoms with E-state index in [1.165, 1.54) is 11.8 Å². The van der Waals surface area contributed by atoms with Gasteiger partial charge in [0.2, 0.25) is 0 Å². The Kier molecular flexibility index (Phi) is 3.87. The van der Waals surface area contributed by atoms with Gasteiger partial charge in [0, 0.05) is 11.6 Å². The molecule has 2 aromatic rings. The fourth-order valence-electron chi connectivity index (χ4n) is 2.36. The molecule has 0 aliphatic carbocycles. The van der Waals surface area contributed by atoms with Crippen molar-refractivity contribution < 1.29 is 14.6 Å². The van der Waals surface area contributed by atoms with E-state index in [0.29, 0.717) is 16.8 Å². The molecule has 5 nitrogen and oxygen atoms in total. The van der Waals surface area contributed by atoms with E-state index in [0.717, 1.165) is 24.1 Å². The third-order valence-corrected chi connectivity index (χ3v) is 4.39. The first-order chi connectivity index (χ1) is 9.65. The van der Waals surface area contributed by atoms with E-state index in [1.54, 1.807) is 6.07 Å². The van der Waals surface area contributed by atoms with E-state index < -0.39 is 5.97 Å². The van der Waals surface area contributed by atoms with Gasteiger partial charge in [0.25, 0.3) is 0 Å². The molecule has 0 saturated carbocycles. The lowest BCUT2D eigenvalue weighted by molar-refractivity contribution is -0.133. The number of ether oxygens (including phenoxy) is 1. The summed E-state index contributed by atoms with van der Waals surface area (Å²) in [5.74, 6) is -0.862. The van der Waals surface area contributed by atoms with Crippen LogP contribution in [-0.2, 0) is 9.53 Å². The van der Waals surface area contributed by atoms with Crippen LogP contribution in [0.2, 0.25) is 5.02 Å². The van der Waals surface area contributed by atoms with E-state index in [-0.39, 0.29) is 11.8 Å². The number of thioether (sulfide) groups is 1. The van der Waals surface area contributed by atoms with Gasteiger partial charge in [0.15, 0.2) is 5.16 Å². The Bertz CT molecular complexity index is 652. The predicted molar refractivity (Wildman–Crippen MR) is 77.6 cm³/mol. The Hall–Kier alpha value is -1.24. The van der Waals surface area contributed by atoms with E-state index in [9.17, 15) is 4.79 Å². The molecule has 1 saturated heterocycles. The Labute approximate surface area is 124 Å². The van der Waals surface area contributed by atoms with E-state index in [2.05, 4.69) is 9.55 Å². The van der Waals surface area contributed by atoms with Crippen molar-refractivity contribution in [2.45, 2.75) is 17.6 Å². The molecule has 1 N–H and O–H groups in total. The number of halogens is 1. The second-order valence-electron chi connectivity index (χ2n) is 4.60. The third kappa shape index (κ3) is 2.63. The molecule has 3 rings (SSSR count). The first-order valence-electron chi connectivity index (χ1n) is 6.25. The highest BCUT2D eigenvalue weighted by Gasteiger charge is 2.23. The van der Waals surface area contributed by atoms with Crippen LogP contribution in [0.1, 0.15) is 12.5 Å². The molecule has 1 unspecified atom stereocenters. The zero-order valence-corrected chi connectivity index (χ0v) is 12.2. The zero-order valence-electron chi connectivity index (χ0n) is 10.6. The maximum Gasteiger partial charge on any atom is 0.313 e. The van der Waals surface area contributed by atoms with Gasteiger partial charge in [-0.1, -0.05) is 23.4 Å². The molecule has 1 atom stereocenters. The summed E-state index contributed by atoms with van der Waals surface area (Å²) in [6, 6.07) is 5.75. The summed E-state index contributed by atoms with van der Waals surface area (Å²) in [5.41, 5.74) is 1.76. The Balaban J connectivity index is 2.05. The van der Waals surface area contributed by atoms with Gasteiger partial charge in [-0.2, -0.15) is 0 Å². The highest BCUT2D eigenvalue weighted by Crippen LogP contribution is 2.32. The van der Waals surface area contributed by atoms with Gasteiger partial charge < -0.3 is 14.4 Å². The quantitative estimate of drug-likeness (QED) is 0.879. The molecule has 0 amide bonds. The number of nitrogens with zero attached hydrogens (tertiary/aromatic N) is 2. The first-order valence-corrected chi connectivity index (χ1v) is 7.61. The standard InChI is InChI=1S/C13H13ClN2O3S/c14-8-1-2-11-10(5-8)15-13(20-7-12(17)18)16(11)9-3-4-19-6-9/h1-2,5,9H,3-4,6-7H2,(H,17,18). The monoisotopic (exact) mass is 312 g/mol. The number of rotatable bonds is 4. The summed E-state index contributed by atoms with van der Waals surface area (Å²) >= 11 is 7.22. The number of aliphatic carboxylic acids is 1. The predicted octanol–water partition coefficient (Wildman–Crippen LogP) is 2.83. The molecule has 2 heterocycles. The molecule has 1 fully saturated rings. The van der Waals surface area contributed by atoms with Crippen LogP contribution >= 0.6 is 23.4 Å². The molecule has 0 spiro atoms. The molecule has 1 aliphatic rings. The second-order valence-corrected chi connectivity index (χ2v) is 5.98. The molecule has 1 aliphatic heterocycles. The van der Waals surface area contributed by atoms with Crippen LogP contribution in [0.5, 0.6) is 0 Å². The normalized spacial score (nSPS) is 18.8. The van der Waals surface area contributed by atoms with Gasteiger partial charge >= 0.3 is 5.97 Å². The summed E-state index contributed by atoms with van der Waals surface area (Å²) in [4.78, 5) is 15.3. The fourth-order valence-corrected chi connectivity index (χ4v) is 3.32. The lowest BCUT2D eigenvalue weighted by atomic mass is 10.2. The maximum atomic E-state index is 10.8. The summed E-state index contributed by atoms with van der Waals surface area (Å²) in [5, 5.41) is 10.2. The third-order valence-electron chi connectivity index (χ3n) is 3.21. The fraction of sp³-hybridized carbons (Fsp3) is 0.385. The molecule has 7 heteroatoms. The Morgan fingerprint density at radius 1 is 1.60 bits per heavy atom. The number of fused-ring (bicyclic) bond motifs is 1. The topological polar surface area (TPSA) is 64.3 Å². The van der Waals surface area contributed by atoms with Crippen molar-refractivity contribution in [2.75, 3.05) is 19.0 Å². The Morgan fingerprint density at radius 2 is 2.45 bits per heavy atom. The van der Waals surface area contributed by atoms with E-state index in [1.807, 2.05) is 12.1 Å². The maximum absolute atomic E-state index is 10.8. The summed E-state index contributed by atoms with van der Waals surface area (Å²) in [6.45, 7) is 1.36. The van der Waals surface area contributed by atoms with Crippen molar-refractivity contribution in [1.82, 2.24) is 9.55 Å². The van der Waals surface area contributed by atoms with Gasteiger partial charge in [-0.05, 0) is 24.6 Å². The Morgan fingerprint density at radius 3 is 3.15 bits per heavy atom. The van der Waals surface area contributed by atoms with Crippen molar-refractivity contribution in [3.05, 3.63) is 23.2 Å². The van der Waals surface area contributed by atoms with Crippen LogP contribution in [0.25, 0.3) is 11.0 Å². The number of carboxylic acid groups (broad SMARTS) is 1. The number of carbonyl (C=O) groups is 1. The molecule has 1 aromatic heterocycles. The largest absolute Gasteiger partial charge is 0.481 e. The minimum atomic E-state index is -0.852. The van der Waals surface area contributed by atoms with E-state index >= 15 is 0 Å². The van der Waals surface area contributed by atoms with Crippen molar-refractivity contribution in [3.8, 4) is 0 Å². The van der Waals surface area contributed by atoms with E-state index in [4.69, 9.17) is 21.4 Å². The van der Waals surface area contributed by atoms with Crippen LogP contribution in [0.15, 0.2) is 23.4 Å². The van der Waals surface area contributed by atoms with Crippen LogP contribution in [0, 0.1) is 0 Å². The average molecular weight is 313 g/mol. The highest BCUT2D eigenvalue weighted by atomic mass is 35.5. The number of benzene rings is 1. The van der Waals surface area contributed by atoms with Crippen molar-refractivity contribution in [3.63, 3.8) is 0 Å². The van der Waals surface area contributed by atoms with Gasteiger partial charge in [0.05, 0.1) is 29.4 Å². The highest BCUT2D eigenvalue weighted by molar-refractivity contribution is 7.99. The van der Waals surface area contributed by atoms with Crippen molar-refractivity contribution >= 4 is 40.4 Å². The smallest absolute Gasteiger partial charge is 0.313 e. The minimum Gasteiger partial charge on any atom is -0.481 e. The SMILES string of the molecule is O=C(O)CSc1nc2cc(Cl)ccc2n1C1CCOC1. The lowest BCUT2D eigenvalue weighted by Gasteiger charge is -2.14. The number of aromatic nitrogens is 2. The van der Waals surface area contributed by atoms with Gasteiger partial charge in [-0.25, -0.2) is 4.98 Å². The molecule has 106 valence electrons. The number of hydrogen-bond acceptors (Lipinski definition) is 4. The van der Waals surface area contributed by atoms with Gasteiger partial charge in [-0.3, -0.25) is 4.79 Å². The van der Waals surface area contributed by atoms with Crippen molar-refractivity contribution in [2.24, 2.45) is 0 Å². The second kappa shape index (κ2) is 5.63. The van der Waals surface area contributed by atoms with Gasteiger partial charge in [0.1, 0.15) is 0 Å². The minimum absolute atomic E-state index is 0.00929. The van der Waals surface area contributed by atoms with Gasteiger partial charge in [-0.15, -0.1) is 0 Å². The molecule has 0 radical (unpaired) electrons. The summed E-state index contributed by atoms with van der Waals surface area (Å²) < 4.78 is 7.51.